The number of sulfone groups is 3. The summed E-state index contributed by atoms with van der Waals surface area (Å²) in [5.41, 5.74) is 5.98. The molecular formula is C85H114ClIN2O15S3. The molecule has 1 N–H and O–H groups in total. The van der Waals surface area contributed by atoms with Crippen LogP contribution in [0.2, 0.25) is 0 Å². The Morgan fingerprint density at radius 1 is 0.411 bits per heavy atom. The van der Waals surface area contributed by atoms with Gasteiger partial charge in [0.1, 0.15) is 56.8 Å². The number of ether oxygens (including phenoxy) is 2. The molecule has 3 heterocycles. The lowest BCUT2D eigenvalue weighted by molar-refractivity contribution is 0.0733. The van der Waals surface area contributed by atoms with E-state index in [0.717, 1.165) is 82.6 Å². The minimum absolute atomic E-state index is 0. The van der Waals surface area contributed by atoms with Crippen molar-refractivity contribution in [1.82, 2.24) is 9.80 Å². The van der Waals surface area contributed by atoms with Crippen LogP contribution in [-0.4, -0.2) is 128 Å². The summed E-state index contributed by atoms with van der Waals surface area (Å²) in [5.74, 6) is 2.85. The van der Waals surface area contributed by atoms with Crippen LogP contribution in [0.1, 0.15) is 227 Å². The zero-order chi connectivity index (χ0) is 77.2. The Morgan fingerprint density at radius 2 is 0.748 bits per heavy atom. The molecule has 0 aliphatic rings. The Bertz CT molecular complexity index is 4530. The van der Waals surface area contributed by atoms with Crippen molar-refractivity contribution in [2.45, 2.75) is 188 Å². The fourth-order valence-corrected chi connectivity index (χ4v) is 14.7. The number of hydrogen-bond donors (Lipinski definition) is 1. The van der Waals surface area contributed by atoms with Gasteiger partial charge in [0.2, 0.25) is 0 Å². The molecule has 9 rings (SSSR count). The Hall–Kier alpha value is -6.86. The average molecular weight is 1660 g/mol. The quantitative estimate of drug-likeness (QED) is 0.00936. The van der Waals surface area contributed by atoms with Gasteiger partial charge in [0.15, 0.2) is 41.1 Å². The van der Waals surface area contributed by atoms with Crippen molar-refractivity contribution < 1.29 is 67.5 Å². The second-order valence-corrected chi connectivity index (χ2v) is 34.3. The Kier molecular flexibility index (Phi) is 39.5. The summed E-state index contributed by atoms with van der Waals surface area (Å²) in [6, 6.07) is 37.8. The molecule has 107 heavy (non-hydrogen) atoms. The average Bonchev–Trinajstić information content (AvgIpc) is 1.65. The maximum Gasteiger partial charge on any atom is 0.347 e. The van der Waals surface area contributed by atoms with Gasteiger partial charge in [-0.1, -0.05) is 130 Å². The second kappa shape index (κ2) is 46.6. The molecule has 0 saturated heterocycles. The van der Waals surface area contributed by atoms with Gasteiger partial charge in [-0.25, -0.2) is 30.0 Å². The van der Waals surface area contributed by atoms with Crippen LogP contribution in [0.3, 0.4) is 0 Å². The van der Waals surface area contributed by atoms with Gasteiger partial charge in [0.25, 0.3) is 0 Å². The van der Waals surface area contributed by atoms with Gasteiger partial charge in [-0.2, -0.15) is 0 Å². The standard InChI is InChI=1S/C32H45NO5S.2C21H22O5S.C11H24ClN.HI/c1-5-8-12-30-31(28-23-25(24-39(4,35)36)13-18-29(28)38-30)32(34)26-14-16-27(17-15-26)37-22-11-21-33(19-9-6-2)20-10-7-3;1-3-4-10-19-20(21(22)25-16-8-6-5-7-9-16)17-13-15(14-27(2,23)24)11-12-18(17)26-19;1-3-4-5-19-20(21(23)15-7-9-16(22)10-8-15)17-12-14(13-27(2,24)25)6-11-18(17)26-19;1-3-5-9-13(10-6-4-2)11-7-8-12;/h13-18,23H,5-12,19-22,24H2,1-4H3;5-9,11-13H,3-4,10,14H2,1-2H3;6-12,22H,3-5,13H2,1-2H3;3-11H2,1-2H3;1H. The number of para-hydroxylation sites is 1. The summed E-state index contributed by atoms with van der Waals surface area (Å²) >= 11 is 5.69. The fraction of sp³-hybridized carbons (Fsp3) is 0.471. The number of carbonyl (C=O) groups excluding carboxylic acids is 3. The third-order valence-electron chi connectivity index (χ3n) is 17.7. The van der Waals surface area contributed by atoms with Crippen molar-refractivity contribution in [1.29, 1.82) is 0 Å². The number of phenolic OH excluding ortho intramolecular Hbond substituents is 1. The van der Waals surface area contributed by atoms with Crippen molar-refractivity contribution >= 4 is 116 Å². The number of benzene rings is 6. The Morgan fingerprint density at radius 3 is 1.10 bits per heavy atom. The van der Waals surface area contributed by atoms with Gasteiger partial charge in [0, 0.05) is 77.7 Å². The molecule has 0 atom stereocenters. The Labute approximate surface area is 658 Å². The van der Waals surface area contributed by atoms with E-state index in [2.05, 4.69) is 58.3 Å². The van der Waals surface area contributed by atoms with Gasteiger partial charge in [-0.15, -0.1) is 35.6 Å². The minimum atomic E-state index is -3.20. The maximum atomic E-state index is 13.7. The summed E-state index contributed by atoms with van der Waals surface area (Å²) in [5, 5.41) is 11.4. The molecule has 0 amide bonds. The van der Waals surface area contributed by atoms with Gasteiger partial charge < -0.3 is 37.6 Å². The largest absolute Gasteiger partial charge is 0.508 e. The number of phenols is 1. The number of halogens is 2. The predicted molar refractivity (Wildman–Crippen MR) is 446 cm³/mol. The molecule has 6 aromatic carbocycles. The predicted octanol–water partition coefficient (Wildman–Crippen LogP) is 20.2. The molecule has 0 aliphatic heterocycles. The van der Waals surface area contributed by atoms with Crippen molar-refractivity contribution in [3.63, 3.8) is 0 Å². The summed E-state index contributed by atoms with van der Waals surface area (Å²) in [6.45, 7) is 22.8. The van der Waals surface area contributed by atoms with Gasteiger partial charge in [-0.3, -0.25) is 9.59 Å². The normalized spacial score (nSPS) is 11.6. The van der Waals surface area contributed by atoms with Crippen LogP contribution in [0.25, 0.3) is 32.9 Å². The third kappa shape index (κ3) is 30.8. The zero-order valence-corrected chi connectivity index (χ0v) is 70.0. The number of aryl methyl sites for hydroxylation is 3. The molecule has 0 radical (unpaired) electrons. The number of esters is 1. The summed E-state index contributed by atoms with van der Waals surface area (Å²) in [6.07, 6.45) is 23.3. The topological polar surface area (TPSA) is 238 Å². The minimum Gasteiger partial charge on any atom is -0.508 e. The van der Waals surface area contributed by atoms with E-state index in [0.29, 0.717) is 126 Å². The first-order valence-electron chi connectivity index (χ1n) is 37.8. The molecule has 0 saturated carbocycles. The smallest absolute Gasteiger partial charge is 0.347 e. The highest BCUT2D eigenvalue weighted by Gasteiger charge is 2.27. The molecule has 9 aromatic rings. The molecule has 0 bridgehead atoms. The van der Waals surface area contributed by atoms with Gasteiger partial charge in [-0.05, 0) is 204 Å². The summed E-state index contributed by atoms with van der Waals surface area (Å²) in [4.78, 5) is 44.8. The number of alkyl halides is 1. The fourth-order valence-electron chi connectivity index (χ4n) is 12.2. The highest BCUT2D eigenvalue weighted by atomic mass is 127. The third-order valence-corrected chi connectivity index (χ3v) is 20.5. The summed E-state index contributed by atoms with van der Waals surface area (Å²) in [7, 11) is -9.57. The highest BCUT2D eigenvalue weighted by molar-refractivity contribution is 14.0. The van der Waals surface area contributed by atoms with Crippen LogP contribution in [0.5, 0.6) is 17.2 Å². The monoisotopic (exact) mass is 1660 g/mol. The first-order chi connectivity index (χ1) is 50.7. The number of furan rings is 3. The van der Waals surface area contributed by atoms with Crippen molar-refractivity contribution in [3.05, 3.63) is 195 Å². The SMILES string of the molecule is CCCCN(CCCC)CCCCl.CCCCc1oc2ccc(CS(C)(=O)=O)cc2c1C(=O)Oc1ccccc1.CCCCc1oc2ccc(CS(C)(=O)=O)cc2c1C(=O)c1ccc(O)cc1.CCCCc1oc2ccc(CS(C)(=O)=O)cc2c1C(=O)c1ccc(OCCCN(CCCC)CCCC)cc1.I. The van der Waals surface area contributed by atoms with E-state index in [1.807, 2.05) is 18.2 Å². The van der Waals surface area contributed by atoms with Gasteiger partial charge >= 0.3 is 5.97 Å². The number of carbonyl (C=O) groups is 3. The van der Waals surface area contributed by atoms with Crippen LogP contribution in [0.15, 0.2) is 147 Å². The van der Waals surface area contributed by atoms with Crippen molar-refractivity contribution in [2.24, 2.45) is 0 Å². The number of hydrogen-bond acceptors (Lipinski definition) is 17. The highest BCUT2D eigenvalue weighted by Crippen LogP contribution is 2.35. The molecule has 22 heteroatoms. The lowest BCUT2D eigenvalue weighted by atomic mass is 9.97. The number of aromatic hydroxyl groups is 1. The van der Waals surface area contributed by atoms with Crippen LogP contribution in [0.4, 0.5) is 0 Å². The van der Waals surface area contributed by atoms with E-state index in [9.17, 15) is 44.7 Å². The Balaban J connectivity index is 0.000000269. The molecule has 0 aliphatic carbocycles. The van der Waals surface area contributed by atoms with Crippen LogP contribution >= 0.6 is 35.6 Å². The molecule has 0 spiro atoms. The molecule has 586 valence electrons. The number of fused-ring (bicyclic) bond motifs is 3. The van der Waals surface area contributed by atoms with E-state index in [4.69, 9.17) is 34.3 Å². The maximum absolute atomic E-state index is 13.7. The molecule has 0 fully saturated rings. The van der Waals surface area contributed by atoms with E-state index in [-0.39, 0.29) is 58.6 Å². The number of ketones is 2. The number of unbranched alkanes of at least 4 members (excludes halogenated alkanes) is 7. The van der Waals surface area contributed by atoms with Crippen molar-refractivity contribution in [2.75, 3.05) is 70.5 Å². The van der Waals surface area contributed by atoms with Crippen LogP contribution < -0.4 is 9.47 Å². The summed E-state index contributed by atoms with van der Waals surface area (Å²) < 4.78 is 99.7. The zero-order valence-electron chi connectivity index (χ0n) is 64.5. The molecule has 0 unspecified atom stereocenters. The molecule has 17 nitrogen and oxygen atoms in total. The molecular weight excluding hydrogens is 1550 g/mol. The second-order valence-electron chi connectivity index (χ2n) is 27.5. The van der Waals surface area contributed by atoms with Crippen molar-refractivity contribution in [3.8, 4) is 17.2 Å². The number of nitrogens with zero attached hydrogens (tertiary/aromatic N) is 2. The number of rotatable bonds is 41. The first-order valence-corrected chi connectivity index (χ1v) is 44.5. The molecule has 3 aromatic heterocycles. The van der Waals surface area contributed by atoms with Crippen LogP contribution in [0, 0.1) is 0 Å². The van der Waals surface area contributed by atoms with Crippen LogP contribution in [-0.2, 0) is 66.0 Å². The van der Waals surface area contributed by atoms with E-state index in [1.54, 1.807) is 103 Å². The van der Waals surface area contributed by atoms with Gasteiger partial charge in [0.05, 0.1) is 35.0 Å². The first kappa shape index (κ1) is 90.8. The van der Waals surface area contributed by atoms with E-state index in [1.165, 1.54) is 102 Å². The van der Waals surface area contributed by atoms with E-state index >= 15 is 0 Å². The lowest BCUT2D eigenvalue weighted by Gasteiger charge is -2.21. The van der Waals surface area contributed by atoms with E-state index < -0.39 is 35.5 Å². The lowest BCUT2D eigenvalue weighted by Crippen LogP contribution is -2.28.